The first-order chi connectivity index (χ1) is 11.0. The number of amides is 3. The predicted octanol–water partition coefficient (Wildman–Crippen LogP) is 2.10. The van der Waals surface area contributed by atoms with Crippen molar-refractivity contribution in [3.63, 3.8) is 0 Å². The summed E-state index contributed by atoms with van der Waals surface area (Å²) in [5.41, 5.74) is 0.974. The normalized spacial score (nSPS) is 15.6. The van der Waals surface area contributed by atoms with Crippen LogP contribution in [-0.4, -0.2) is 41.0 Å². The molecule has 1 atom stereocenters. The Morgan fingerprint density at radius 2 is 2.13 bits per heavy atom. The van der Waals surface area contributed by atoms with Crippen LogP contribution in [0.5, 0.6) is 0 Å². The molecule has 0 bridgehead atoms. The molecule has 0 radical (unpaired) electrons. The summed E-state index contributed by atoms with van der Waals surface area (Å²) in [6.07, 6.45) is 1.99. The van der Waals surface area contributed by atoms with Crippen LogP contribution in [0.1, 0.15) is 24.8 Å². The van der Waals surface area contributed by atoms with E-state index in [0.29, 0.717) is 6.54 Å². The van der Waals surface area contributed by atoms with Gasteiger partial charge >= 0.3 is 6.03 Å². The van der Waals surface area contributed by atoms with Gasteiger partial charge in [-0.3, -0.25) is 15.0 Å². The van der Waals surface area contributed by atoms with Crippen LogP contribution in [-0.2, 0) is 11.3 Å². The molecule has 0 spiro atoms. The Morgan fingerprint density at radius 3 is 2.83 bits per heavy atom. The van der Waals surface area contributed by atoms with Crippen LogP contribution >= 0.6 is 11.3 Å². The molecule has 1 fully saturated rings. The van der Waals surface area contributed by atoms with Crippen molar-refractivity contribution in [1.82, 2.24) is 20.5 Å². The van der Waals surface area contributed by atoms with Crippen molar-refractivity contribution in [3.8, 4) is 0 Å². The number of thiazole rings is 1. The number of para-hydroxylation sites is 1. The Labute approximate surface area is 138 Å². The maximum atomic E-state index is 12.1. The summed E-state index contributed by atoms with van der Waals surface area (Å²) in [4.78, 5) is 30.2. The molecule has 7 heteroatoms. The average molecular weight is 332 g/mol. The molecule has 0 aliphatic heterocycles. The summed E-state index contributed by atoms with van der Waals surface area (Å²) < 4.78 is 1.14. The molecule has 3 rings (SSSR count). The van der Waals surface area contributed by atoms with Gasteiger partial charge in [-0.05, 0) is 38.9 Å². The van der Waals surface area contributed by atoms with E-state index in [2.05, 4.69) is 15.6 Å². The number of aromatic nitrogens is 1. The number of hydrogen-bond acceptors (Lipinski definition) is 5. The van der Waals surface area contributed by atoms with Crippen LogP contribution in [0, 0.1) is 0 Å². The second kappa shape index (κ2) is 6.64. The number of rotatable bonds is 5. The van der Waals surface area contributed by atoms with Gasteiger partial charge in [0.25, 0.3) is 0 Å². The minimum Gasteiger partial charge on any atom is -0.335 e. The van der Waals surface area contributed by atoms with E-state index in [1.165, 1.54) is 0 Å². The third-order valence-corrected chi connectivity index (χ3v) is 4.93. The second-order valence-corrected chi connectivity index (χ2v) is 7.02. The Kier molecular flexibility index (Phi) is 4.58. The highest BCUT2D eigenvalue weighted by Gasteiger charge is 2.26. The number of imide groups is 1. The molecule has 3 amide bonds. The highest BCUT2D eigenvalue weighted by atomic mass is 32.1. The first-order valence-electron chi connectivity index (χ1n) is 7.69. The molecule has 1 aromatic heterocycles. The molecule has 2 N–H and O–H groups in total. The summed E-state index contributed by atoms with van der Waals surface area (Å²) >= 11 is 1.62. The number of nitrogens with zero attached hydrogens (tertiary/aromatic N) is 2. The van der Waals surface area contributed by atoms with Gasteiger partial charge < -0.3 is 5.32 Å². The number of hydrogen-bond donors (Lipinski definition) is 2. The Morgan fingerprint density at radius 1 is 1.39 bits per heavy atom. The summed E-state index contributed by atoms with van der Waals surface area (Å²) in [7, 11) is 1.86. The van der Waals surface area contributed by atoms with Crippen molar-refractivity contribution in [2.45, 2.75) is 38.4 Å². The van der Waals surface area contributed by atoms with E-state index in [1.54, 1.807) is 18.3 Å². The molecule has 1 aliphatic rings. The predicted molar refractivity (Wildman–Crippen MR) is 90.2 cm³/mol. The van der Waals surface area contributed by atoms with Gasteiger partial charge in [0.05, 0.1) is 22.8 Å². The largest absolute Gasteiger partial charge is 0.335 e. The fourth-order valence-electron chi connectivity index (χ4n) is 2.20. The third kappa shape index (κ3) is 4.05. The van der Waals surface area contributed by atoms with Crippen LogP contribution in [0.3, 0.4) is 0 Å². The number of nitrogens with one attached hydrogen (secondary N) is 2. The lowest BCUT2D eigenvalue weighted by Crippen LogP contribution is -2.48. The summed E-state index contributed by atoms with van der Waals surface area (Å²) in [5, 5.41) is 6.10. The lowest BCUT2D eigenvalue weighted by atomic mass is 10.3. The minimum absolute atomic E-state index is 0.235. The average Bonchev–Trinajstić information content (AvgIpc) is 3.22. The van der Waals surface area contributed by atoms with E-state index in [9.17, 15) is 9.59 Å². The molecule has 1 aliphatic carbocycles. The molecule has 122 valence electrons. The van der Waals surface area contributed by atoms with E-state index in [4.69, 9.17) is 0 Å². The summed E-state index contributed by atoms with van der Waals surface area (Å²) in [6.45, 7) is 2.35. The van der Waals surface area contributed by atoms with Crippen molar-refractivity contribution >= 4 is 33.5 Å². The zero-order valence-corrected chi connectivity index (χ0v) is 14.0. The first kappa shape index (κ1) is 15.9. The maximum absolute atomic E-state index is 12.1. The standard InChI is InChI=1S/C16H20N4O2S/c1-10(15(21)19-16(22)17-11-7-8-11)20(2)9-14-18-12-5-3-4-6-13(12)23-14/h3-6,10-11H,7-9H2,1-2H3,(H2,17,19,21,22)/t10-/m0/s1. The van der Waals surface area contributed by atoms with E-state index in [-0.39, 0.29) is 11.9 Å². The topological polar surface area (TPSA) is 74.3 Å². The molecule has 2 aromatic rings. The molecule has 0 saturated heterocycles. The van der Waals surface area contributed by atoms with Gasteiger partial charge in [0.2, 0.25) is 5.91 Å². The van der Waals surface area contributed by atoms with Crippen molar-refractivity contribution in [2.75, 3.05) is 7.05 Å². The SMILES string of the molecule is C[C@@H](C(=O)NC(=O)NC1CC1)N(C)Cc1nc2ccccc2s1. The Bertz CT molecular complexity index is 693. The number of benzene rings is 1. The molecule has 1 aromatic carbocycles. The molecule has 1 saturated carbocycles. The molecule has 23 heavy (non-hydrogen) atoms. The van der Waals surface area contributed by atoms with Gasteiger partial charge in [0.1, 0.15) is 5.01 Å². The monoisotopic (exact) mass is 332 g/mol. The maximum Gasteiger partial charge on any atom is 0.321 e. The van der Waals surface area contributed by atoms with Crippen LogP contribution < -0.4 is 10.6 Å². The summed E-state index contributed by atoms with van der Waals surface area (Å²) in [6, 6.07) is 7.39. The van der Waals surface area contributed by atoms with Crippen LogP contribution in [0.15, 0.2) is 24.3 Å². The zero-order valence-electron chi connectivity index (χ0n) is 13.2. The smallest absolute Gasteiger partial charge is 0.321 e. The van der Waals surface area contributed by atoms with E-state index in [0.717, 1.165) is 28.1 Å². The second-order valence-electron chi connectivity index (χ2n) is 5.90. The van der Waals surface area contributed by atoms with Gasteiger partial charge in [-0.2, -0.15) is 0 Å². The quantitative estimate of drug-likeness (QED) is 0.879. The van der Waals surface area contributed by atoms with Crippen molar-refractivity contribution in [2.24, 2.45) is 0 Å². The lowest BCUT2D eigenvalue weighted by molar-refractivity contribution is -0.124. The highest BCUT2D eigenvalue weighted by Crippen LogP contribution is 2.22. The number of urea groups is 1. The van der Waals surface area contributed by atoms with Crippen LogP contribution in [0.4, 0.5) is 4.79 Å². The molecular weight excluding hydrogens is 312 g/mol. The van der Waals surface area contributed by atoms with Gasteiger partial charge in [0.15, 0.2) is 0 Å². The fraction of sp³-hybridized carbons (Fsp3) is 0.438. The molecular formula is C16H20N4O2S. The molecule has 1 heterocycles. The highest BCUT2D eigenvalue weighted by molar-refractivity contribution is 7.18. The van der Waals surface area contributed by atoms with E-state index in [1.807, 2.05) is 36.2 Å². The Balaban J connectivity index is 1.56. The van der Waals surface area contributed by atoms with Gasteiger partial charge in [-0.1, -0.05) is 12.1 Å². The van der Waals surface area contributed by atoms with Crippen LogP contribution in [0.2, 0.25) is 0 Å². The lowest BCUT2D eigenvalue weighted by Gasteiger charge is -2.22. The third-order valence-electron chi connectivity index (χ3n) is 3.91. The zero-order chi connectivity index (χ0) is 16.4. The van der Waals surface area contributed by atoms with Crippen molar-refractivity contribution < 1.29 is 9.59 Å². The molecule has 0 unspecified atom stereocenters. The van der Waals surface area contributed by atoms with Crippen molar-refractivity contribution in [3.05, 3.63) is 29.3 Å². The van der Waals surface area contributed by atoms with Gasteiger partial charge in [-0.15, -0.1) is 11.3 Å². The number of carbonyl (C=O) groups is 2. The number of fused-ring (bicyclic) bond motifs is 1. The first-order valence-corrected chi connectivity index (χ1v) is 8.50. The van der Waals surface area contributed by atoms with Crippen LogP contribution in [0.25, 0.3) is 10.2 Å². The fourth-order valence-corrected chi connectivity index (χ4v) is 3.23. The minimum atomic E-state index is -0.410. The van der Waals surface area contributed by atoms with Crippen molar-refractivity contribution in [1.29, 1.82) is 0 Å². The molecule has 6 nitrogen and oxygen atoms in total. The summed E-state index contributed by atoms with van der Waals surface area (Å²) in [5.74, 6) is -0.299. The van der Waals surface area contributed by atoms with Gasteiger partial charge in [0, 0.05) is 6.04 Å². The van der Waals surface area contributed by atoms with E-state index >= 15 is 0 Å². The van der Waals surface area contributed by atoms with E-state index < -0.39 is 12.1 Å². The number of carbonyl (C=O) groups excluding carboxylic acids is 2. The number of likely N-dealkylation sites (N-methyl/N-ethyl adjacent to an activating group) is 1. The van der Waals surface area contributed by atoms with Gasteiger partial charge in [-0.25, -0.2) is 9.78 Å². The Hall–Kier alpha value is -1.99.